The minimum Gasteiger partial charge on any atom is -0.478 e. The SMILES string of the molecule is O=C(O)c1cccn2c(Cc3cccs3)nnc12. The van der Waals surface area contributed by atoms with Crippen LogP contribution >= 0.6 is 11.3 Å². The van der Waals surface area contributed by atoms with Gasteiger partial charge in [0.2, 0.25) is 0 Å². The predicted molar refractivity (Wildman–Crippen MR) is 67.1 cm³/mol. The minimum absolute atomic E-state index is 0.169. The van der Waals surface area contributed by atoms with Gasteiger partial charge in [-0.15, -0.1) is 21.5 Å². The number of fused-ring (bicyclic) bond motifs is 1. The third-order valence-electron chi connectivity index (χ3n) is 2.65. The lowest BCUT2D eigenvalue weighted by molar-refractivity contribution is 0.0698. The summed E-state index contributed by atoms with van der Waals surface area (Å²) in [5.41, 5.74) is 0.555. The van der Waals surface area contributed by atoms with Gasteiger partial charge in [0.25, 0.3) is 0 Å². The first-order valence-electron chi connectivity index (χ1n) is 5.34. The van der Waals surface area contributed by atoms with Crippen molar-refractivity contribution in [1.82, 2.24) is 14.6 Å². The maximum atomic E-state index is 11.1. The van der Waals surface area contributed by atoms with Gasteiger partial charge in [0.05, 0.1) is 0 Å². The number of aromatic nitrogens is 3. The molecule has 0 aliphatic heterocycles. The fraction of sp³-hybridized carbons (Fsp3) is 0.0833. The molecule has 0 aromatic carbocycles. The molecule has 0 aliphatic carbocycles. The summed E-state index contributed by atoms with van der Waals surface area (Å²) in [4.78, 5) is 12.2. The van der Waals surface area contributed by atoms with E-state index in [1.807, 2.05) is 17.5 Å². The Bertz CT molecular complexity index is 703. The molecule has 3 aromatic heterocycles. The Morgan fingerprint density at radius 3 is 2.94 bits per heavy atom. The number of nitrogens with zero attached hydrogens (tertiary/aromatic N) is 3. The first-order valence-corrected chi connectivity index (χ1v) is 6.22. The van der Waals surface area contributed by atoms with Crippen LogP contribution in [-0.2, 0) is 6.42 Å². The van der Waals surface area contributed by atoms with Crippen LogP contribution in [0.15, 0.2) is 35.8 Å². The Hall–Kier alpha value is -2.21. The quantitative estimate of drug-likeness (QED) is 0.782. The van der Waals surface area contributed by atoms with Gasteiger partial charge in [-0.3, -0.25) is 4.40 Å². The van der Waals surface area contributed by atoms with E-state index in [4.69, 9.17) is 5.11 Å². The number of aromatic carboxylic acids is 1. The van der Waals surface area contributed by atoms with Crippen LogP contribution in [0.3, 0.4) is 0 Å². The Morgan fingerprint density at radius 1 is 1.33 bits per heavy atom. The van der Waals surface area contributed by atoms with E-state index in [0.29, 0.717) is 12.1 Å². The van der Waals surface area contributed by atoms with Crippen LogP contribution in [0.25, 0.3) is 5.65 Å². The standard InChI is InChI=1S/C12H9N3O2S/c16-12(17)9-4-1-5-15-10(13-14-11(9)15)7-8-3-2-6-18-8/h1-6H,7H2,(H,16,17). The summed E-state index contributed by atoms with van der Waals surface area (Å²) in [6, 6.07) is 7.22. The van der Waals surface area contributed by atoms with Crippen molar-refractivity contribution < 1.29 is 9.90 Å². The molecule has 3 heterocycles. The van der Waals surface area contributed by atoms with Crippen molar-refractivity contribution in [3.63, 3.8) is 0 Å². The minimum atomic E-state index is -0.990. The molecule has 0 saturated carbocycles. The Labute approximate surface area is 106 Å². The van der Waals surface area contributed by atoms with Gasteiger partial charge in [0.1, 0.15) is 11.4 Å². The van der Waals surface area contributed by atoms with Gasteiger partial charge in [0, 0.05) is 17.5 Å². The number of hydrogen-bond donors (Lipinski definition) is 1. The number of rotatable bonds is 3. The second kappa shape index (κ2) is 4.23. The molecule has 0 bridgehead atoms. The van der Waals surface area contributed by atoms with Crippen molar-refractivity contribution in [3.05, 3.63) is 52.1 Å². The largest absolute Gasteiger partial charge is 0.478 e. The Morgan fingerprint density at radius 2 is 2.22 bits per heavy atom. The van der Waals surface area contributed by atoms with E-state index in [0.717, 1.165) is 5.82 Å². The third kappa shape index (κ3) is 1.76. The monoisotopic (exact) mass is 259 g/mol. The number of carbonyl (C=O) groups is 1. The molecule has 90 valence electrons. The molecule has 0 atom stereocenters. The lowest BCUT2D eigenvalue weighted by atomic mass is 10.2. The normalized spacial score (nSPS) is 10.9. The lowest BCUT2D eigenvalue weighted by Gasteiger charge is -1.99. The summed E-state index contributed by atoms with van der Waals surface area (Å²) in [5.74, 6) is -0.244. The number of hydrogen-bond acceptors (Lipinski definition) is 4. The zero-order chi connectivity index (χ0) is 12.5. The molecular formula is C12H9N3O2S. The highest BCUT2D eigenvalue weighted by Crippen LogP contribution is 2.16. The maximum Gasteiger partial charge on any atom is 0.339 e. The molecule has 3 rings (SSSR count). The van der Waals surface area contributed by atoms with Crippen molar-refractivity contribution in [2.45, 2.75) is 6.42 Å². The highest BCUT2D eigenvalue weighted by Gasteiger charge is 2.14. The second-order valence-corrected chi connectivity index (χ2v) is 4.83. The number of pyridine rings is 1. The highest BCUT2D eigenvalue weighted by molar-refractivity contribution is 7.09. The van der Waals surface area contributed by atoms with Crippen molar-refractivity contribution >= 4 is 23.0 Å². The van der Waals surface area contributed by atoms with Crippen molar-refractivity contribution in [3.8, 4) is 0 Å². The molecule has 0 saturated heterocycles. The van der Waals surface area contributed by atoms with Crippen molar-refractivity contribution in [2.24, 2.45) is 0 Å². The molecule has 0 fully saturated rings. The Kier molecular flexibility index (Phi) is 2.56. The third-order valence-corrected chi connectivity index (χ3v) is 3.52. The zero-order valence-electron chi connectivity index (χ0n) is 9.28. The first-order chi connectivity index (χ1) is 8.75. The van der Waals surface area contributed by atoms with Gasteiger partial charge in [-0.2, -0.15) is 0 Å². The van der Waals surface area contributed by atoms with Gasteiger partial charge >= 0.3 is 5.97 Å². The first kappa shape index (κ1) is 10.9. The van der Waals surface area contributed by atoms with Crippen LogP contribution in [0.2, 0.25) is 0 Å². The number of thiophene rings is 1. The summed E-state index contributed by atoms with van der Waals surface area (Å²) in [6.45, 7) is 0. The van der Waals surface area contributed by atoms with E-state index in [1.165, 1.54) is 10.9 Å². The lowest BCUT2D eigenvalue weighted by Crippen LogP contribution is -2.01. The predicted octanol–water partition coefficient (Wildman–Crippen LogP) is 2.08. The van der Waals surface area contributed by atoms with Crippen molar-refractivity contribution in [1.29, 1.82) is 0 Å². The van der Waals surface area contributed by atoms with Gasteiger partial charge in [-0.1, -0.05) is 6.07 Å². The fourth-order valence-electron chi connectivity index (χ4n) is 1.82. The zero-order valence-corrected chi connectivity index (χ0v) is 10.1. The Balaban J connectivity index is 2.09. The summed E-state index contributed by atoms with van der Waals surface area (Å²) < 4.78 is 1.73. The van der Waals surface area contributed by atoms with Crippen molar-refractivity contribution in [2.75, 3.05) is 0 Å². The molecule has 18 heavy (non-hydrogen) atoms. The molecule has 0 unspecified atom stereocenters. The average molecular weight is 259 g/mol. The van der Waals surface area contributed by atoms with Crippen LogP contribution in [0.4, 0.5) is 0 Å². The van der Waals surface area contributed by atoms with E-state index in [9.17, 15) is 4.79 Å². The summed E-state index contributed by atoms with van der Waals surface area (Å²) in [6.07, 6.45) is 2.44. The molecular weight excluding hydrogens is 250 g/mol. The molecule has 0 aliphatic rings. The number of carboxylic acid groups (broad SMARTS) is 1. The summed E-state index contributed by atoms with van der Waals surface area (Å²) >= 11 is 1.64. The molecule has 1 N–H and O–H groups in total. The van der Waals surface area contributed by atoms with E-state index in [2.05, 4.69) is 10.2 Å². The summed E-state index contributed by atoms with van der Waals surface area (Å²) in [5, 5.41) is 19.1. The number of carboxylic acids is 1. The van der Waals surface area contributed by atoms with Crippen LogP contribution in [0.5, 0.6) is 0 Å². The fourth-order valence-corrected chi connectivity index (χ4v) is 2.52. The van der Waals surface area contributed by atoms with Crippen LogP contribution in [0, 0.1) is 0 Å². The summed E-state index contributed by atoms with van der Waals surface area (Å²) in [7, 11) is 0. The van der Waals surface area contributed by atoms with E-state index >= 15 is 0 Å². The average Bonchev–Trinajstić information content (AvgIpc) is 2.99. The second-order valence-electron chi connectivity index (χ2n) is 3.79. The van der Waals surface area contributed by atoms with Gasteiger partial charge in [0.15, 0.2) is 5.65 Å². The van der Waals surface area contributed by atoms with E-state index in [-0.39, 0.29) is 5.56 Å². The molecule has 3 aromatic rings. The van der Waals surface area contributed by atoms with E-state index < -0.39 is 5.97 Å². The van der Waals surface area contributed by atoms with Gasteiger partial charge in [-0.05, 0) is 23.6 Å². The molecule has 6 heteroatoms. The van der Waals surface area contributed by atoms with Gasteiger partial charge in [-0.25, -0.2) is 4.79 Å². The molecule has 5 nitrogen and oxygen atoms in total. The highest BCUT2D eigenvalue weighted by atomic mass is 32.1. The van der Waals surface area contributed by atoms with Crippen LogP contribution < -0.4 is 0 Å². The maximum absolute atomic E-state index is 11.1. The van der Waals surface area contributed by atoms with Gasteiger partial charge < -0.3 is 5.11 Å². The van der Waals surface area contributed by atoms with Crippen LogP contribution in [0.1, 0.15) is 21.1 Å². The molecule has 0 spiro atoms. The smallest absolute Gasteiger partial charge is 0.339 e. The molecule has 0 radical (unpaired) electrons. The van der Waals surface area contributed by atoms with E-state index in [1.54, 1.807) is 28.0 Å². The molecule has 0 amide bonds. The topological polar surface area (TPSA) is 67.5 Å². The van der Waals surface area contributed by atoms with Crippen LogP contribution in [-0.4, -0.2) is 25.7 Å².